The van der Waals surface area contributed by atoms with Gasteiger partial charge in [0, 0.05) is 19.2 Å². The summed E-state index contributed by atoms with van der Waals surface area (Å²) in [6.45, 7) is 0.200. The minimum atomic E-state index is -0.483. The van der Waals surface area contributed by atoms with Crippen LogP contribution in [0.25, 0.3) is 0 Å². The van der Waals surface area contributed by atoms with Crippen LogP contribution in [0.1, 0.15) is 21.6 Å². The lowest BCUT2D eigenvalue weighted by Crippen LogP contribution is -2.19. The van der Waals surface area contributed by atoms with Crippen molar-refractivity contribution < 1.29 is 14.5 Å². The molecular weight excluding hydrogens is 364 g/mol. The van der Waals surface area contributed by atoms with E-state index in [9.17, 15) is 14.9 Å². The van der Waals surface area contributed by atoms with E-state index < -0.39 is 10.8 Å². The standard InChI is InChI=1S/C18H16N6O4/c1-19-17(25)16-18(28-12-14-5-3-2-4-6-14)23(22-21-16)20-11-13-7-9-15(10-8-13)24(26)27/h2-11H,12H2,1H3,(H,19,25). The number of hydrogen-bond donors (Lipinski definition) is 1. The van der Waals surface area contributed by atoms with Crippen molar-refractivity contribution in [3.63, 3.8) is 0 Å². The maximum Gasteiger partial charge on any atom is 0.277 e. The fourth-order valence-corrected chi connectivity index (χ4v) is 2.26. The summed E-state index contributed by atoms with van der Waals surface area (Å²) >= 11 is 0. The second kappa shape index (κ2) is 8.54. The number of hydrogen-bond acceptors (Lipinski definition) is 7. The summed E-state index contributed by atoms with van der Waals surface area (Å²) in [7, 11) is 1.47. The predicted molar refractivity (Wildman–Crippen MR) is 100 cm³/mol. The van der Waals surface area contributed by atoms with Gasteiger partial charge in [0.25, 0.3) is 17.5 Å². The highest BCUT2D eigenvalue weighted by atomic mass is 16.6. The first-order valence-electron chi connectivity index (χ1n) is 8.22. The van der Waals surface area contributed by atoms with Crippen LogP contribution < -0.4 is 10.1 Å². The molecule has 3 aromatic rings. The Labute approximate surface area is 159 Å². The van der Waals surface area contributed by atoms with Gasteiger partial charge in [-0.15, -0.1) is 5.10 Å². The van der Waals surface area contributed by atoms with E-state index in [-0.39, 0.29) is 23.9 Å². The van der Waals surface area contributed by atoms with Gasteiger partial charge in [-0.1, -0.05) is 35.1 Å². The van der Waals surface area contributed by atoms with Crippen molar-refractivity contribution in [3.8, 4) is 5.88 Å². The molecule has 0 fully saturated rings. The number of nitro benzene ring substituents is 1. The lowest BCUT2D eigenvalue weighted by atomic mass is 10.2. The summed E-state index contributed by atoms with van der Waals surface area (Å²) in [6, 6.07) is 15.2. The molecule has 1 heterocycles. The summed E-state index contributed by atoms with van der Waals surface area (Å²) in [6.07, 6.45) is 1.43. The molecule has 1 N–H and O–H groups in total. The molecule has 3 rings (SSSR count). The fourth-order valence-electron chi connectivity index (χ4n) is 2.26. The first kappa shape index (κ1) is 18.7. The first-order chi connectivity index (χ1) is 13.6. The summed E-state index contributed by atoms with van der Waals surface area (Å²) < 4.78 is 5.73. The highest BCUT2D eigenvalue weighted by Gasteiger charge is 2.20. The van der Waals surface area contributed by atoms with E-state index in [0.29, 0.717) is 5.56 Å². The van der Waals surface area contributed by atoms with E-state index >= 15 is 0 Å². The van der Waals surface area contributed by atoms with Gasteiger partial charge in [-0.2, -0.15) is 5.10 Å². The number of carbonyl (C=O) groups excluding carboxylic acids is 1. The number of nitro groups is 1. The third kappa shape index (κ3) is 4.36. The average molecular weight is 380 g/mol. The minimum absolute atomic E-state index is 0.000666. The Morgan fingerprint density at radius 2 is 1.96 bits per heavy atom. The summed E-state index contributed by atoms with van der Waals surface area (Å²) in [4.78, 5) is 23.3. The molecule has 2 aromatic carbocycles. The molecule has 0 aliphatic carbocycles. The quantitative estimate of drug-likeness (QED) is 0.380. The maximum absolute atomic E-state index is 12.0. The zero-order chi connectivity index (χ0) is 19.9. The summed E-state index contributed by atoms with van der Waals surface area (Å²) in [5.41, 5.74) is 1.49. The fraction of sp³-hybridized carbons (Fsp3) is 0.111. The van der Waals surface area contributed by atoms with Crippen molar-refractivity contribution in [1.82, 2.24) is 20.4 Å². The number of amides is 1. The van der Waals surface area contributed by atoms with Gasteiger partial charge >= 0.3 is 0 Å². The van der Waals surface area contributed by atoms with E-state index in [0.717, 1.165) is 10.4 Å². The van der Waals surface area contributed by atoms with Gasteiger partial charge in [-0.05, 0) is 28.5 Å². The Bertz CT molecular complexity index is 999. The highest BCUT2D eigenvalue weighted by molar-refractivity contribution is 5.94. The second-order valence-electron chi connectivity index (χ2n) is 5.58. The third-order valence-electron chi connectivity index (χ3n) is 3.69. The molecule has 0 spiro atoms. The van der Waals surface area contributed by atoms with Crippen LogP contribution in [0.3, 0.4) is 0 Å². The van der Waals surface area contributed by atoms with Gasteiger partial charge in [0.15, 0.2) is 0 Å². The van der Waals surface area contributed by atoms with E-state index in [4.69, 9.17) is 4.74 Å². The normalized spacial score (nSPS) is 10.8. The van der Waals surface area contributed by atoms with Gasteiger partial charge in [0.2, 0.25) is 5.69 Å². The monoisotopic (exact) mass is 380 g/mol. The molecule has 10 heteroatoms. The van der Waals surface area contributed by atoms with Crippen molar-refractivity contribution in [3.05, 3.63) is 81.5 Å². The molecule has 0 saturated heterocycles. The molecule has 0 radical (unpaired) electrons. The Hall–Kier alpha value is -4.08. The molecular formula is C18H16N6O4. The Balaban J connectivity index is 1.84. The molecule has 0 aliphatic heterocycles. The van der Waals surface area contributed by atoms with Crippen molar-refractivity contribution in [2.45, 2.75) is 6.61 Å². The number of ether oxygens (including phenoxy) is 1. The Kier molecular flexibility index (Phi) is 5.70. The van der Waals surface area contributed by atoms with Gasteiger partial charge in [0.05, 0.1) is 11.1 Å². The summed E-state index contributed by atoms with van der Waals surface area (Å²) in [5.74, 6) is -0.374. The number of aromatic nitrogens is 3. The molecule has 1 aromatic heterocycles. The molecule has 0 bridgehead atoms. The Morgan fingerprint density at radius 1 is 1.25 bits per heavy atom. The van der Waals surface area contributed by atoms with Crippen LogP contribution in [0, 0.1) is 10.1 Å². The molecule has 10 nitrogen and oxygen atoms in total. The highest BCUT2D eigenvalue weighted by Crippen LogP contribution is 2.18. The predicted octanol–water partition coefficient (Wildman–Crippen LogP) is 2.01. The smallest absolute Gasteiger partial charge is 0.277 e. The van der Waals surface area contributed by atoms with Crippen LogP contribution in [-0.4, -0.2) is 39.2 Å². The van der Waals surface area contributed by atoms with E-state index in [1.165, 1.54) is 25.4 Å². The number of benzene rings is 2. The largest absolute Gasteiger partial charge is 0.470 e. The number of non-ortho nitro benzene ring substituents is 1. The van der Waals surface area contributed by atoms with Crippen LogP contribution in [0.2, 0.25) is 0 Å². The lowest BCUT2D eigenvalue weighted by molar-refractivity contribution is -0.384. The molecule has 0 atom stereocenters. The topological polar surface area (TPSA) is 125 Å². The minimum Gasteiger partial charge on any atom is -0.470 e. The SMILES string of the molecule is CNC(=O)c1nnn(N=Cc2ccc([N+](=O)[O-])cc2)c1OCc1ccccc1. The van der Waals surface area contributed by atoms with Crippen molar-refractivity contribution in [1.29, 1.82) is 0 Å². The van der Waals surface area contributed by atoms with E-state index in [1.54, 1.807) is 12.1 Å². The lowest BCUT2D eigenvalue weighted by Gasteiger charge is -2.07. The third-order valence-corrected chi connectivity index (χ3v) is 3.69. The number of carbonyl (C=O) groups is 1. The molecule has 28 heavy (non-hydrogen) atoms. The number of nitrogens with one attached hydrogen (secondary N) is 1. The number of nitrogens with zero attached hydrogens (tertiary/aromatic N) is 5. The maximum atomic E-state index is 12.0. The van der Waals surface area contributed by atoms with Crippen molar-refractivity contribution in [2.75, 3.05) is 7.05 Å². The van der Waals surface area contributed by atoms with E-state index in [2.05, 4.69) is 20.7 Å². The molecule has 142 valence electrons. The van der Waals surface area contributed by atoms with Gasteiger partial charge in [0.1, 0.15) is 6.61 Å². The number of rotatable bonds is 7. The molecule has 0 saturated carbocycles. The first-order valence-corrected chi connectivity index (χ1v) is 8.22. The second-order valence-corrected chi connectivity index (χ2v) is 5.58. The van der Waals surface area contributed by atoms with Crippen molar-refractivity contribution in [2.24, 2.45) is 5.10 Å². The summed E-state index contributed by atoms with van der Waals surface area (Å²) in [5, 5.41) is 25.0. The van der Waals surface area contributed by atoms with Gasteiger partial charge in [-0.3, -0.25) is 14.9 Å². The Morgan fingerprint density at radius 3 is 2.61 bits per heavy atom. The van der Waals surface area contributed by atoms with E-state index in [1.807, 2.05) is 30.3 Å². The van der Waals surface area contributed by atoms with Crippen LogP contribution in [-0.2, 0) is 6.61 Å². The van der Waals surface area contributed by atoms with Crippen LogP contribution in [0.15, 0.2) is 59.7 Å². The van der Waals surface area contributed by atoms with Gasteiger partial charge < -0.3 is 10.1 Å². The van der Waals surface area contributed by atoms with Gasteiger partial charge in [-0.25, -0.2) is 0 Å². The molecule has 1 amide bonds. The zero-order valence-electron chi connectivity index (χ0n) is 14.8. The zero-order valence-corrected chi connectivity index (χ0v) is 14.8. The average Bonchev–Trinajstić information content (AvgIpc) is 3.14. The van der Waals surface area contributed by atoms with Crippen LogP contribution >= 0.6 is 0 Å². The molecule has 0 unspecified atom stereocenters. The van der Waals surface area contributed by atoms with Crippen LogP contribution in [0.4, 0.5) is 5.69 Å². The van der Waals surface area contributed by atoms with Crippen molar-refractivity contribution >= 4 is 17.8 Å². The molecule has 0 aliphatic rings. The van der Waals surface area contributed by atoms with Crippen LogP contribution in [0.5, 0.6) is 5.88 Å².